The van der Waals surface area contributed by atoms with Crippen molar-refractivity contribution in [3.63, 3.8) is 0 Å². The molecule has 2 fully saturated rings. The summed E-state index contributed by atoms with van der Waals surface area (Å²) in [7, 11) is -3.10. The monoisotopic (exact) mass is 406 g/mol. The van der Waals surface area contributed by atoms with Crippen LogP contribution in [0.1, 0.15) is 29.6 Å². The summed E-state index contributed by atoms with van der Waals surface area (Å²) in [6, 6.07) is 1.01. The summed E-state index contributed by atoms with van der Waals surface area (Å²) < 4.78 is 28.4. The molecule has 1 amide bonds. The van der Waals surface area contributed by atoms with E-state index in [0.717, 1.165) is 12.8 Å². The SMILES string of the molecule is O=C(OCC(=O)N(C1CC1)[C@H]1CCS(=O)(=O)C1)c1cnc(Cl)c(Cl)c1. The van der Waals surface area contributed by atoms with Crippen molar-refractivity contribution in [1.29, 1.82) is 0 Å². The van der Waals surface area contributed by atoms with Crippen molar-refractivity contribution in [1.82, 2.24) is 9.88 Å². The molecule has 3 rings (SSSR count). The minimum Gasteiger partial charge on any atom is -0.452 e. The lowest BCUT2D eigenvalue weighted by atomic mass is 10.2. The molecule has 0 unspecified atom stereocenters. The van der Waals surface area contributed by atoms with Gasteiger partial charge in [-0.15, -0.1) is 0 Å². The molecule has 136 valence electrons. The fraction of sp³-hybridized carbons (Fsp3) is 0.533. The van der Waals surface area contributed by atoms with E-state index in [2.05, 4.69) is 4.98 Å². The molecule has 10 heteroatoms. The van der Waals surface area contributed by atoms with E-state index in [0.29, 0.717) is 6.42 Å². The van der Waals surface area contributed by atoms with E-state index in [1.807, 2.05) is 0 Å². The summed E-state index contributed by atoms with van der Waals surface area (Å²) in [5.74, 6) is -1.07. The zero-order valence-corrected chi connectivity index (χ0v) is 15.5. The van der Waals surface area contributed by atoms with Crippen molar-refractivity contribution >= 4 is 44.9 Å². The van der Waals surface area contributed by atoms with Crippen LogP contribution in [0.25, 0.3) is 0 Å². The van der Waals surface area contributed by atoms with Gasteiger partial charge in [0.25, 0.3) is 5.91 Å². The maximum atomic E-state index is 12.5. The molecule has 1 saturated carbocycles. The highest BCUT2D eigenvalue weighted by atomic mass is 35.5. The molecule has 0 N–H and O–H groups in total. The predicted molar refractivity (Wildman–Crippen MR) is 91.5 cm³/mol. The summed E-state index contributed by atoms with van der Waals surface area (Å²) in [5.41, 5.74) is 0.0867. The number of carbonyl (C=O) groups excluding carboxylic acids is 2. The first-order valence-electron chi connectivity index (χ1n) is 7.76. The number of hydrogen-bond donors (Lipinski definition) is 0. The molecule has 7 nitrogen and oxygen atoms in total. The predicted octanol–water partition coefficient (Wildman–Crippen LogP) is 1.72. The zero-order chi connectivity index (χ0) is 18.2. The Bertz CT molecular complexity index is 810. The van der Waals surface area contributed by atoms with E-state index in [-0.39, 0.29) is 45.2 Å². The molecular weight excluding hydrogens is 391 g/mol. The second kappa shape index (κ2) is 7.09. The third-order valence-corrected chi connectivity index (χ3v) is 6.63. The lowest BCUT2D eigenvalue weighted by Gasteiger charge is -2.28. The van der Waals surface area contributed by atoms with Gasteiger partial charge in [0.05, 0.1) is 22.1 Å². The molecule has 0 aromatic carbocycles. The molecular formula is C15H16Cl2N2O5S. The summed E-state index contributed by atoms with van der Waals surface area (Å²) in [4.78, 5) is 29.8. The third kappa shape index (κ3) is 4.43. The second-order valence-electron chi connectivity index (χ2n) is 6.16. The van der Waals surface area contributed by atoms with Gasteiger partial charge in [-0.2, -0.15) is 0 Å². The second-order valence-corrected chi connectivity index (χ2v) is 9.16. The summed E-state index contributed by atoms with van der Waals surface area (Å²) in [6.45, 7) is -0.452. The Hall–Kier alpha value is -1.38. The van der Waals surface area contributed by atoms with Crippen molar-refractivity contribution in [2.24, 2.45) is 0 Å². The summed E-state index contributed by atoms with van der Waals surface area (Å²) in [5, 5.41) is 0.176. The molecule has 1 aromatic heterocycles. The molecule has 0 spiro atoms. The van der Waals surface area contributed by atoms with E-state index in [1.54, 1.807) is 4.90 Å². The van der Waals surface area contributed by atoms with Gasteiger partial charge < -0.3 is 9.64 Å². The molecule has 25 heavy (non-hydrogen) atoms. The van der Waals surface area contributed by atoms with Crippen LogP contribution in [-0.4, -0.2) is 60.4 Å². The Morgan fingerprint density at radius 2 is 1.96 bits per heavy atom. The number of hydrogen-bond acceptors (Lipinski definition) is 6. The van der Waals surface area contributed by atoms with E-state index in [1.165, 1.54) is 12.3 Å². The van der Waals surface area contributed by atoms with Gasteiger partial charge in [-0.25, -0.2) is 18.2 Å². The Kier molecular flexibility index (Phi) is 5.22. The van der Waals surface area contributed by atoms with Crippen LogP contribution < -0.4 is 0 Å². The number of ether oxygens (including phenoxy) is 1. The number of halogens is 2. The Morgan fingerprint density at radius 1 is 1.24 bits per heavy atom. The smallest absolute Gasteiger partial charge is 0.340 e. The van der Waals surface area contributed by atoms with Gasteiger partial charge in [0.1, 0.15) is 5.15 Å². The lowest BCUT2D eigenvalue weighted by molar-refractivity contribution is -0.137. The third-order valence-electron chi connectivity index (χ3n) is 4.19. The van der Waals surface area contributed by atoms with Crippen molar-refractivity contribution in [3.8, 4) is 0 Å². The molecule has 1 aliphatic heterocycles. The van der Waals surface area contributed by atoms with Gasteiger partial charge in [0.2, 0.25) is 0 Å². The summed E-state index contributed by atoms with van der Waals surface area (Å²) in [6.07, 6.45) is 3.32. The fourth-order valence-electron chi connectivity index (χ4n) is 2.87. The molecule has 0 bridgehead atoms. The number of esters is 1. The van der Waals surface area contributed by atoms with Gasteiger partial charge >= 0.3 is 5.97 Å². The maximum Gasteiger partial charge on any atom is 0.340 e. The van der Waals surface area contributed by atoms with E-state index in [4.69, 9.17) is 27.9 Å². The zero-order valence-electron chi connectivity index (χ0n) is 13.2. The molecule has 2 heterocycles. The number of carbonyl (C=O) groups is 2. The van der Waals surface area contributed by atoms with E-state index >= 15 is 0 Å². The number of sulfone groups is 1. The highest BCUT2D eigenvalue weighted by Gasteiger charge is 2.42. The topological polar surface area (TPSA) is 93.6 Å². The van der Waals surface area contributed by atoms with Crippen molar-refractivity contribution in [3.05, 3.63) is 28.0 Å². The fourth-order valence-corrected chi connectivity index (χ4v) is 4.85. The molecule has 2 aliphatic rings. The van der Waals surface area contributed by atoms with Gasteiger partial charge in [-0.1, -0.05) is 23.2 Å². The van der Waals surface area contributed by atoms with Crippen LogP contribution in [0.15, 0.2) is 12.3 Å². The normalized spacial score (nSPS) is 21.8. The standard InChI is InChI=1S/C15H16Cl2N2O5S/c16-12-5-9(6-18-14(12)17)15(21)24-7-13(20)19(10-1-2-10)11-3-4-25(22,23)8-11/h5-6,10-11H,1-4,7-8H2/t11-/m0/s1. The van der Waals surface area contributed by atoms with Crippen LogP contribution in [0.4, 0.5) is 0 Å². The summed E-state index contributed by atoms with van der Waals surface area (Å²) >= 11 is 11.5. The van der Waals surface area contributed by atoms with Gasteiger partial charge in [-0.05, 0) is 25.3 Å². The minimum atomic E-state index is -3.10. The molecule has 1 atom stereocenters. The Labute approximate surface area is 155 Å². The number of nitrogens with zero attached hydrogens (tertiary/aromatic N) is 2. The van der Waals surface area contributed by atoms with Crippen LogP contribution >= 0.6 is 23.2 Å². The highest BCUT2D eigenvalue weighted by molar-refractivity contribution is 7.91. The van der Waals surface area contributed by atoms with E-state index < -0.39 is 22.4 Å². The first kappa shape index (κ1) is 18.4. The number of amides is 1. The van der Waals surface area contributed by atoms with Crippen molar-refractivity contribution < 1.29 is 22.7 Å². The van der Waals surface area contributed by atoms with Crippen LogP contribution in [0.5, 0.6) is 0 Å². The van der Waals surface area contributed by atoms with Crippen LogP contribution in [0.3, 0.4) is 0 Å². The van der Waals surface area contributed by atoms with E-state index in [9.17, 15) is 18.0 Å². The van der Waals surface area contributed by atoms with Crippen molar-refractivity contribution in [2.75, 3.05) is 18.1 Å². The van der Waals surface area contributed by atoms with Gasteiger partial charge in [0, 0.05) is 18.3 Å². The van der Waals surface area contributed by atoms with Crippen LogP contribution in [-0.2, 0) is 19.4 Å². The average molecular weight is 407 g/mol. The van der Waals surface area contributed by atoms with Crippen molar-refractivity contribution in [2.45, 2.75) is 31.3 Å². The Morgan fingerprint density at radius 3 is 2.52 bits per heavy atom. The molecule has 1 saturated heterocycles. The number of pyridine rings is 1. The maximum absolute atomic E-state index is 12.5. The minimum absolute atomic E-state index is 0.0279. The van der Waals surface area contributed by atoms with Gasteiger partial charge in [0.15, 0.2) is 16.4 Å². The molecule has 1 aliphatic carbocycles. The first-order valence-corrected chi connectivity index (χ1v) is 10.3. The highest BCUT2D eigenvalue weighted by Crippen LogP contribution is 2.32. The Balaban J connectivity index is 1.62. The van der Waals surface area contributed by atoms with Crippen LogP contribution in [0, 0.1) is 0 Å². The molecule has 0 radical (unpaired) electrons. The number of rotatable bonds is 5. The average Bonchev–Trinajstić information content (AvgIpc) is 3.31. The number of aromatic nitrogens is 1. The largest absolute Gasteiger partial charge is 0.452 e. The quantitative estimate of drug-likeness (QED) is 0.545. The van der Waals surface area contributed by atoms with Crippen LogP contribution in [0.2, 0.25) is 10.2 Å². The lowest BCUT2D eigenvalue weighted by Crippen LogP contribution is -2.44. The first-order chi connectivity index (χ1) is 11.8. The molecule has 1 aromatic rings. The van der Waals surface area contributed by atoms with Gasteiger partial charge in [-0.3, -0.25) is 4.79 Å².